The van der Waals surface area contributed by atoms with Crippen LogP contribution in [0.25, 0.3) is 12.2 Å². The Balaban J connectivity index is 1.85. The quantitative estimate of drug-likeness (QED) is 0.531. The predicted molar refractivity (Wildman–Crippen MR) is 120 cm³/mol. The van der Waals surface area contributed by atoms with E-state index in [1.165, 1.54) is 5.56 Å². The van der Waals surface area contributed by atoms with Crippen LogP contribution >= 0.6 is 15.9 Å². The van der Waals surface area contributed by atoms with Gasteiger partial charge in [0.2, 0.25) is 0 Å². The first-order valence-corrected chi connectivity index (χ1v) is 10.3. The molecule has 5 heteroatoms. The zero-order valence-electron chi connectivity index (χ0n) is 16.1. The SMILES string of the molecule is CCc1cccc(C=Cc2c(Br)ccc(=O)n2CCc2ccc(C(=O)O)cc2)c1. The summed E-state index contributed by atoms with van der Waals surface area (Å²) in [6.07, 6.45) is 5.56. The molecule has 1 heterocycles. The lowest BCUT2D eigenvalue weighted by Crippen LogP contribution is -2.22. The van der Waals surface area contributed by atoms with E-state index >= 15 is 0 Å². The van der Waals surface area contributed by atoms with E-state index in [2.05, 4.69) is 35.0 Å². The van der Waals surface area contributed by atoms with E-state index in [-0.39, 0.29) is 11.1 Å². The second kappa shape index (κ2) is 9.52. The molecule has 0 unspecified atom stereocenters. The molecule has 0 fully saturated rings. The number of pyridine rings is 1. The summed E-state index contributed by atoms with van der Waals surface area (Å²) < 4.78 is 2.58. The summed E-state index contributed by atoms with van der Waals surface area (Å²) in [4.78, 5) is 23.5. The van der Waals surface area contributed by atoms with Crippen LogP contribution in [0.5, 0.6) is 0 Å². The Kier molecular flexibility index (Phi) is 6.83. The highest BCUT2D eigenvalue weighted by Crippen LogP contribution is 2.19. The van der Waals surface area contributed by atoms with E-state index in [0.717, 1.165) is 27.7 Å². The van der Waals surface area contributed by atoms with Gasteiger partial charge in [0.15, 0.2) is 0 Å². The molecule has 3 aromatic rings. The van der Waals surface area contributed by atoms with Crippen LogP contribution < -0.4 is 5.56 Å². The summed E-state index contributed by atoms with van der Waals surface area (Å²) in [5, 5.41) is 9.01. The van der Waals surface area contributed by atoms with Crippen molar-refractivity contribution in [3.63, 3.8) is 0 Å². The van der Waals surface area contributed by atoms with Crippen molar-refractivity contribution in [1.82, 2.24) is 4.57 Å². The van der Waals surface area contributed by atoms with Crippen molar-refractivity contribution >= 4 is 34.1 Å². The molecule has 2 aromatic carbocycles. The standard InChI is InChI=1S/C24H22BrNO3/c1-2-17-4-3-5-19(16-17)8-12-22-21(25)11-13-23(27)26(22)15-14-18-6-9-20(10-7-18)24(28)29/h3-13,16H,2,14-15H2,1H3,(H,28,29). The third-order valence-corrected chi connectivity index (χ3v) is 5.46. The molecule has 0 saturated heterocycles. The minimum Gasteiger partial charge on any atom is -0.478 e. The van der Waals surface area contributed by atoms with E-state index in [1.807, 2.05) is 24.3 Å². The van der Waals surface area contributed by atoms with E-state index in [1.54, 1.807) is 41.0 Å². The van der Waals surface area contributed by atoms with Gasteiger partial charge in [-0.05, 0) is 69.7 Å². The molecule has 3 rings (SSSR count). The summed E-state index contributed by atoms with van der Waals surface area (Å²) in [5.74, 6) is -0.945. The number of carboxylic acid groups (broad SMARTS) is 1. The number of benzene rings is 2. The van der Waals surface area contributed by atoms with Gasteiger partial charge in [0.1, 0.15) is 0 Å². The van der Waals surface area contributed by atoms with E-state index in [9.17, 15) is 9.59 Å². The number of nitrogens with zero attached hydrogens (tertiary/aromatic N) is 1. The molecule has 148 valence electrons. The maximum Gasteiger partial charge on any atom is 0.335 e. The number of aromatic carboxylic acids is 1. The number of hydrogen-bond acceptors (Lipinski definition) is 2. The first-order valence-electron chi connectivity index (χ1n) is 9.46. The van der Waals surface area contributed by atoms with Crippen LogP contribution in [0.2, 0.25) is 0 Å². The Morgan fingerprint density at radius 2 is 1.79 bits per heavy atom. The summed E-state index contributed by atoms with van der Waals surface area (Å²) >= 11 is 3.56. The third-order valence-electron chi connectivity index (χ3n) is 4.79. The zero-order chi connectivity index (χ0) is 20.8. The van der Waals surface area contributed by atoms with Gasteiger partial charge in [-0.25, -0.2) is 4.79 Å². The first-order chi connectivity index (χ1) is 14.0. The molecule has 0 aliphatic rings. The van der Waals surface area contributed by atoms with Crippen LogP contribution in [0, 0.1) is 0 Å². The Hall–Kier alpha value is -2.92. The minimum absolute atomic E-state index is 0.0719. The molecule has 0 spiro atoms. The molecule has 29 heavy (non-hydrogen) atoms. The van der Waals surface area contributed by atoms with Gasteiger partial charge < -0.3 is 9.67 Å². The van der Waals surface area contributed by atoms with Gasteiger partial charge in [-0.15, -0.1) is 0 Å². The predicted octanol–water partition coefficient (Wildman–Crippen LogP) is 5.28. The molecule has 1 N–H and O–H groups in total. The van der Waals surface area contributed by atoms with Gasteiger partial charge in [-0.2, -0.15) is 0 Å². The van der Waals surface area contributed by atoms with Crippen LogP contribution in [0.4, 0.5) is 0 Å². The summed E-state index contributed by atoms with van der Waals surface area (Å²) in [5.41, 5.74) is 4.32. The molecule has 1 aromatic heterocycles. The highest BCUT2D eigenvalue weighted by atomic mass is 79.9. The number of halogens is 1. The van der Waals surface area contributed by atoms with Crippen LogP contribution in [-0.2, 0) is 19.4 Å². The van der Waals surface area contributed by atoms with Crippen molar-refractivity contribution in [3.05, 3.63) is 103 Å². The molecule has 0 bridgehead atoms. The number of carbonyl (C=O) groups is 1. The number of rotatable bonds is 7. The van der Waals surface area contributed by atoms with Gasteiger partial charge in [0.25, 0.3) is 5.56 Å². The second-order valence-corrected chi connectivity index (χ2v) is 7.59. The van der Waals surface area contributed by atoms with E-state index in [4.69, 9.17) is 5.11 Å². The fourth-order valence-corrected chi connectivity index (χ4v) is 3.59. The largest absolute Gasteiger partial charge is 0.478 e. The lowest BCUT2D eigenvalue weighted by molar-refractivity contribution is 0.0697. The van der Waals surface area contributed by atoms with Crippen molar-refractivity contribution in [2.24, 2.45) is 0 Å². The monoisotopic (exact) mass is 451 g/mol. The van der Waals surface area contributed by atoms with Gasteiger partial charge in [-0.3, -0.25) is 4.79 Å². The van der Waals surface area contributed by atoms with E-state index in [0.29, 0.717) is 13.0 Å². The summed E-state index contributed by atoms with van der Waals surface area (Å²) in [6, 6.07) is 18.4. The van der Waals surface area contributed by atoms with Gasteiger partial charge in [0, 0.05) is 17.1 Å². The smallest absolute Gasteiger partial charge is 0.335 e. The lowest BCUT2D eigenvalue weighted by atomic mass is 10.1. The van der Waals surface area contributed by atoms with Gasteiger partial charge in [-0.1, -0.05) is 49.4 Å². The van der Waals surface area contributed by atoms with Crippen molar-refractivity contribution in [3.8, 4) is 0 Å². The average molecular weight is 452 g/mol. The second-order valence-electron chi connectivity index (χ2n) is 6.74. The molecule has 0 aliphatic carbocycles. The normalized spacial score (nSPS) is 11.1. The molecule has 0 aliphatic heterocycles. The summed E-state index contributed by atoms with van der Waals surface area (Å²) in [6.45, 7) is 2.62. The third kappa shape index (κ3) is 5.33. The summed E-state index contributed by atoms with van der Waals surface area (Å²) in [7, 11) is 0. The maximum atomic E-state index is 12.5. The molecule has 0 amide bonds. The van der Waals surface area contributed by atoms with Crippen molar-refractivity contribution in [2.75, 3.05) is 0 Å². The maximum absolute atomic E-state index is 12.5. The fourth-order valence-electron chi connectivity index (χ4n) is 3.11. The van der Waals surface area contributed by atoms with Crippen LogP contribution in [-0.4, -0.2) is 15.6 Å². The van der Waals surface area contributed by atoms with Gasteiger partial charge >= 0.3 is 5.97 Å². The molecule has 0 radical (unpaired) electrons. The molecule has 4 nitrogen and oxygen atoms in total. The Morgan fingerprint density at radius 3 is 2.48 bits per heavy atom. The molecular formula is C24H22BrNO3. The van der Waals surface area contributed by atoms with Crippen molar-refractivity contribution in [1.29, 1.82) is 0 Å². The number of carboxylic acids is 1. The fraction of sp³-hybridized carbons (Fsp3) is 0.167. The first kappa shape index (κ1) is 20.8. The number of hydrogen-bond donors (Lipinski definition) is 1. The minimum atomic E-state index is -0.945. The average Bonchev–Trinajstić information content (AvgIpc) is 2.73. The zero-order valence-corrected chi connectivity index (χ0v) is 17.7. The Labute approximate surface area is 178 Å². The lowest BCUT2D eigenvalue weighted by Gasteiger charge is -2.12. The highest BCUT2D eigenvalue weighted by Gasteiger charge is 2.07. The van der Waals surface area contributed by atoms with Crippen LogP contribution in [0.3, 0.4) is 0 Å². The van der Waals surface area contributed by atoms with Crippen molar-refractivity contribution < 1.29 is 9.90 Å². The van der Waals surface area contributed by atoms with E-state index < -0.39 is 5.97 Å². The van der Waals surface area contributed by atoms with Crippen LogP contribution in [0.1, 0.15) is 39.7 Å². The molecular weight excluding hydrogens is 430 g/mol. The molecule has 0 saturated carbocycles. The molecule has 0 atom stereocenters. The Morgan fingerprint density at radius 1 is 1.03 bits per heavy atom. The topological polar surface area (TPSA) is 59.3 Å². The number of aromatic nitrogens is 1. The van der Waals surface area contributed by atoms with Gasteiger partial charge in [0.05, 0.1) is 11.3 Å². The number of aryl methyl sites for hydroxylation is 2. The Bertz CT molecular complexity index is 1100. The van der Waals surface area contributed by atoms with Crippen molar-refractivity contribution in [2.45, 2.75) is 26.3 Å². The van der Waals surface area contributed by atoms with Crippen LogP contribution in [0.15, 0.2) is 69.9 Å². The highest BCUT2D eigenvalue weighted by molar-refractivity contribution is 9.10.